The number of hydrogen-bond acceptors (Lipinski definition) is 3. The summed E-state index contributed by atoms with van der Waals surface area (Å²) in [5.74, 6) is -0.271. The van der Waals surface area contributed by atoms with E-state index in [1.165, 1.54) is 7.11 Å². The SMILES string of the molecule is CCCCC(CC)(C(=O)OC)C(O)CC. The fourth-order valence-corrected chi connectivity index (χ4v) is 2.05. The van der Waals surface area contributed by atoms with Crippen molar-refractivity contribution >= 4 is 5.97 Å². The lowest BCUT2D eigenvalue weighted by molar-refractivity contribution is -0.162. The molecule has 0 amide bonds. The van der Waals surface area contributed by atoms with Crippen molar-refractivity contribution in [3.05, 3.63) is 0 Å². The third-order valence-corrected chi connectivity index (χ3v) is 3.22. The van der Waals surface area contributed by atoms with Crippen LogP contribution in [0.5, 0.6) is 0 Å². The van der Waals surface area contributed by atoms with Gasteiger partial charge in [-0.3, -0.25) is 4.79 Å². The highest BCUT2D eigenvalue weighted by atomic mass is 16.5. The standard InChI is InChI=1S/C12H24O3/c1-5-8-9-12(7-3,10(13)6-2)11(14)15-4/h10,13H,5-9H2,1-4H3. The molecule has 0 fully saturated rings. The van der Waals surface area contributed by atoms with E-state index in [0.717, 1.165) is 12.8 Å². The van der Waals surface area contributed by atoms with Gasteiger partial charge in [-0.05, 0) is 19.3 Å². The molecule has 0 saturated carbocycles. The number of methoxy groups -OCH3 is 1. The molecule has 0 rings (SSSR count). The van der Waals surface area contributed by atoms with Crippen LogP contribution in [0.2, 0.25) is 0 Å². The maximum absolute atomic E-state index is 11.8. The van der Waals surface area contributed by atoms with Crippen molar-refractivity contribution in [1.82, 2.24) is 0 Å². The Morgan fingerprint density at radius 3 is 2.33 bits per heavy atom. The maximum Gasteiger partial charge on any atom is 0.314 e. The van der Waals surface area contributed by atoms with Gasteiger partial charge in [0.25, 0.3) is 0 Å². The van der Waals surface area contributed by atoms with Crippen LogP contribution in [0.4, 0.5) is 0 Å². The number of hydrogen-bond donors (Lipinski definition) is 1. The molecule has 0 aromatic carbocycles. The minimum absolute atomic E-state index is 0.271. The minimum atomic E-state index is -0.695. The minimum Gasteiger partial charge on any atom is -0.469 e. The maximum atomic E-state index is 11.8. The van der Waals surface area contributed by atoms with Gasteiger partial charge >= 0.3 is 5.97 Å². The number of rotatable bonds is 7. The molecule has 0 spiro atoms. The molecule has 1 N–H and O–H groups in total. The molecule has 3 heteroatoms. The lowest BCUT2D eigenvalue weighted by Crippen LogP contribution is -2.42. The first-order valence-electron chi connectivity index (χ1n) is 5.85. The summed E-state index contributed by atoms with van der Waals surface area (Å²) in [6.45, 7) is 5.91. The second-order valence-corrected chi connectivity index (χ2v) is 4.03. The van der Waals surface area contributed by atoms with Gasteiger partial charge in [0.1, 0.15) is 0 Å². The predicted octanol–water partition coefficient (Wildman–Crippen LogP) is 2.52. The van der Waals surface area contributed by atoms with E-state index in [4.69, 9.17) is 4.74 Å². The van der Waals surface area contributed by atoms with Gasteiger partial charge in [-0.2, -0.15) is 0 Å². The van der Waals surface area contributed by atoms with Crippen molar-refractivity contribution in [3.63, 3.8) is 0 Å². The molecule has 0 bridgehead atoms. The Kier molecular flexibility index (Phi) is 6.57. The fraction of sp³-hybridized carbons (Fsp3) is 0.917. The van der Waals surface area contributed by atoms with Gasteiger partial charge in [0.2, 0.25) is 0 Å². The molecular weight excluding hydrogens is 192 g/mol. The van der Waals surface area contributed by atoms with Gasteiger partial charge in [-0.1, -0.05) is 33.6 Å². The summed E-state index contributed by atoms with van der Waals surface area (Å²) < 4.78 is 4.83. The average molecular weight is 216 g/mol. The van der Waals surface area contributed by atoms with Crippen LogP contribution in [0.15, 0.2) is 0 Å². The molecule has 2 atom stereocenters. The first kappa shape index (κ1) is 14.4. The molecule has 0 aliphatic carbocycles. The Bertz CT molecular complexity index is 191. The Balaban J connectivity index is 4.83. The molecule has 0 aromatic rings. The monoisotopic (exact) mass is 216 g/mol. The molecule has 0 aromatic heterocycles. The van der Waals surface area contributed by atoms with Crippen molar-refractivity contribution in [3.8, 4) is 0 Å². The van der Waals surface area contributed by atoms with Crippen LogP contribution in [0.3, 0.4) is 0 Å². The zero-order chi connectivity index (χ0) is 11.9. The number of esters is 1. The van der Waals surface area contributed by atoms with E-state index in [-0.39, 0.29) is 5.97 Å². The van der Waals surface area contributed by atoms with Gasteiger partial charge in [0.15, 0.2) is 0 Å². The highest BCUT2D eigenvalue weighted by molar-refractivity contribution is 5.77. The van der Waals surface area contributed by atoms with Crippen LogP contribution < -0.4 is 0 Å². The van der Waals surface area contributed by atoms with E-state index in [1.54, 1.807) is 0 Å². The smallest absolute Gasteiger partial charge is 0.314 e. The van der Waals surface area contributed by atoms with Gasteiger partial charge < -0.3 is 9.84 Å². The summed E-state index contributed by atoms with van der Waals surface area (Å²) in [5, 5.41) is 10.00. The molecule has 2 unspecified atom stereocenters. The summed E-state index contributed by atoms with van der Waals surface area (Å²) in [6, 6.07) is 0. The van der Waals surface area contributed by atoms with Crippen LogP contribution in [0.25, 0.3) is 0 Å². The van der Waals surface area contributed by atoms with E-state index in [0.29, 0.717) is 19.3 Å². The third kappa shape index (κ3) is 3.20. The van der Waals surface area contributed by atoms with Gasteiger partial charge in [0.05, 0.1) is 18.6 Å². The van der Waals surface area contributed by atoms with Crippen LogP contribution >= 0.6 is 0 Å². The van der Waals surface area contributed by atoms with Gasteiger partial charge in [-0.15, -0.1) is 0 Å². The fourth-order valence-electron chi connectivity index (χ4n) is 2.05. The Morgan fingerprint density at radius 1 is 1.40 bits per heavy atom. The number of ether oxygens (including phenoxy) is 1. The first-order chi connectivity index (χ1) is 7.08. The van der Waals surface area contributed by atoms with Crippen molar-refractivity contribution in [2.75, 3.05) is 7.11 Å². The summed E-state index contributed by atoms with van der Waals surface area (Å²) in [4.78, 5) is 11.8. The van der Waals surface area contributed by atoms with Crippen molar-refractivity contribution in [2.24, 2.45) is 5.41 Å². The van der Waals surface area contributed by atoms with E-state index < -0.39 is 11.5 Å². The van der Waals surface area contributed by atoms with Gasteiger partial charge in [0, 0.05) is 0 Å². The molecule has 0 radical (unpaired) electrons. The van der Waals surface area contributed by atoms with Crippen molar-refractivity contribution in [2.45, 2.75) is 59.0 Å². The predicted molar refractivity (Wildman–Crippen MR) is 60.6 cm³/mol. The lowest BCUT2D eigenvalue weighted by atomic mass is 9.74. The molecule has 0 heterocycles. The lowest BCUT2D eigenvalue weighted by Gasteiger charge is -2.34. The molecular formula is C12H24O3. The normalized spacial score (nSPS) is 16.9. The number of aliphatic hydroxyl groups excluding tert-OH is 1. The second kappa shape index (κ2) is 6.83. The van der Waals surface area contributed by atoms with Crippen molar-refractivity contribution < 1.29 is 14.6 Å². The largest absolute Gasteiger partial charge is 0.469 e. The highest BCUT2D eigenvalue weighted by Crippen LogP contribution is 2.35. The molecule has 3 nitrogen and oxygen atoms in total. The summed E-state index contributed by atoms with van der Waals surface area (Å²) >= 11 is 0. The third-order valence-electron chi connectivity index (χ3n) is 3.22. The number of unbranched alkanes of at least 4 members (excludes halogenated alkanes) is 1. The average Bonchev–Trinajstić information content (AvgIpc) is 2.29. The molecule has 90 valence electrons. The Hall–Kier alpha value is -0.570. The highest BCUT2D eigenvalue weighted by Gasteiger charge is 2.43. The first-order valence-corrected chi connectivity index (χ1v) is 5.85. The Labute approximate surface area is 92.8 Å². The molecule has 15 heavy (non-hydrogen) atoms. The second-order valence-electron chi connectivity index (χ2n) is 4.03. The van der Waals surface area contributed by atoms with Crippen LogP contribution in [-0.4, -0.2) is 24.3 Å². The van der Waals surface area contributed by atoms with E-state index >= 15 is 0 Å². The van der Waals surface area contributed by atoms with E-state index in [9.17, 15) is 9.90 Å². The van der Waals surface area contributed by atoms with Gasteiger partial charge in [-0.25, -0.2) is 0 Å². The summed E-state index contributed by atoms with van der Waals surface area (Å²) in [7, 11) is 1.39. The van der Waals surface area contributed by atoms with Crippen LogP contribution in [0, 0.1) is 5.41 Å². The number of carbonyl (C=O) groups excluding carboxylic acids is 1. The van der Waals surface area contributed by atoms with Crippen molar-refractivity contribution in [1.29, 1.82) is 0 Å². The van der Waals surface area contributed by atoms with E-state index in [2.05, 4.69) is 6.92 Å². The molecule has 0 aliphatic heterocycles. The molecule has 0 saturated heterocycles. The summed E-state index contributed by atoms with van der Waals surface area (Å²) in [5.41, 5.74) is -0.695. The quantitative estimate of drug-likeness (QED) is 0.665. The zero-order valence-corrected chi connectivity index (χ0v) is 10.4. The Morgan fingerprint density at radius 2 is 2.00 bits per heavy atom. The topological polar surface area (TPSA) is 46.5 Å². The zero-order valence-electron chi connectivity index (χ0n) is 10.4. The number of aliphatic hydroxyl groups is 1. The van der Waals surface area contributed by atoms with E-state index in [1.807, 2.05) is 13.8 Å². The van der Waals surface area contributed by atoms with Crippen LogP contribution in [-0.2, 0) is 9.53 Å². The molecule has 0 aliphatic rings. The number of carbonyl (C=O) groups is 1. The van der Waals surface area contributed by atoms with Crippen LogP contribution in [0.1, 0.15) is 52.9 Å². The summed E-state index contributed by atoms with van der Waals surface area (Å²) in [6.07, 6.45) is 3.31.